The molecule has 0 aromatic heterocycles. The number of hydrogen-bond acceptors (Lipinski definition) is 2. The lowest BCUT2D eigenvalue weighted by atomic mass is 9.88. The van der Waals surface area contributed by atoms with Crippen molar-refractivity contribution in [3.63, 3.8) is 0 Å². The van der Waals surface area contributed by atoms with Crippen molar-refractivity contribution in [3.8, 4) is 33.4 Å². The molecule has 1 heterocycles. The number of nitrogens with zero attached hydrogens (tertiary/aromatic N) is 1. The minimum atomic E-state index is -0.0105. The van der Waals surface area contributed by atoms with Gasteiger partial charge in [-0.05, 0) is 83.3 Å². The first kappa shape index (κ1) is 29.5. The summed E-state index contributed by atoms with van der Waals surface area (Å²) in [6.07, 6.45) is 11.2. The van der Waals surface area contributed by atoms with E-state index in [0.717, 1.165) is 22.8 Å². The molecule has 2 aliphatic rings. The lowest BCUT2D eigenvalue weighted by Crippen LogP contribution is -2.24. The van der Waals surface area contributed by atoms with Gasteiger partial charge in [0.25, 0.3) is 0 Å². The van der Waals surface area contributed by atoms with E-state index in [1.165, 1.54) is 49.7 Å². The number of hydrogen-bond donors (Lipinski definition) is 0. The van der Waals surface area contributed by atoms with Crippen LogP contribution in [0.25, 0.3) is 44.2 Å². The molecule has 0 spiro atoms. The molecule has 2 atom stereocenters. The van der Waals surface area contributed by atoms with Crippen molar-refractivity contribution in [2.45, 2.75) is 20.0 Å². The Bertz CT molecular complexity index is 2240. The minimum absolute atomic E-state index is 0.0105. The average molecular weight is 620 g/mol. The number of anilines is 2. The number of ether oxygens (including phenoxy) is 1. The van der Waals surface area contributed by atoms with Crippen molar-refractivity contribution in [1.29, 1.82) is 0 Å². The first-order chi connectivity index (χ1) is 23.7. The molecule has 0 radical (unpaired) electrons. The van der Waals surface area contributed by atoms with Gasteiger partial charge in [-0.25, -0.2) is 0 Å². The van der Waals surface area contributed by atoms with Crippen LogP contribution in [0.4, 0.5) is 11.4 Å². The average Bonchev–Trinajstić information content (AvgIpc) is 3.46. The van der Waals surface area contributed by atoms with Crippen molar-refractivity contribution in [2.24, 2.45) is 5.92 Å². The van der Waals surface area contributed by atoms with Crippen LogP contribution in [-0.4, -0.2) is 6.10 Å². The molecule has 0 saturated carbocycles. The van der Waals surface area contributed by atoms with Crippen LogP contribution in [0.15, 0.2) is 193 Å². The second-order valence-electron chi connectivity index (χ2n) is 12.4. The van der Waals surface area contributed by atoms with Gasteiger partial charge in [0, 0.05) is 28.3 Å². The summed E-state index contributed by atoms with van der Waals surface area (Å²) in [5.74, 6) is 1.11. The van der Waals surface area contributed by atoms with Gasteiger partial charge in [-0.2, -0.15) is 0 Å². The number of fused-ring (bicyclic) bond motifs is 2. The normalized spacial score (nSPS) is 17.0. The molecule has 2 nitrogen and oxygen atoms in total. The van der Waals surface area contributed by atoms with Crippen LogP contribution in [0.2, 0.25) is 0 Å². The van der Waals surface area contributed by atoms with Crippen LogP contribution in [0, 0.1) is 5.92 Å². The fourth-order valence-electron chi connectivity index (χ4n) is 7.16. The molecule has 6 aromatic rings. The van der Waals surface area contributed by atoms with Gasteiger partial charge >= 0.3 is 0 Å². The lowest BCUT2D eigenvalue weighted by molar-refractivity contribution is 0.165. The van der Waals surface area contributed by atoms with E-state index in [0.29, 0.717) is 0 Å². The highest BCUT2D eigenvalue weighted by Crippen LogP contribution is 2.46. The Balaban J connectivity index is 1.39. The van der Waals surface area contributed by atoms with Crippen molar-refractivity contribution in [3.05, 3.63) is 193 Å². The molecule has 1 aliphatic heterocycles. The predicted molar refractivity (Wildman–Crippen MR) is 202 cm³/mol. The molecule has 0 amide bonds. The van der Waals surface area contributed by atoms with Gasteiger partial charge < -0.3 is 9.64 Å². The van der Waals surface area contributed by atoms with E-state index in [-0.39, 0.29) is 12.0 Å². The first-order valence-electron chi connectivity index (χ1n) is 16.7. The van der Waals surface area contributed by atoms with Gasteiger partial charge in [-0.15, -0.1) is 0 Å². The molecule has 6 aromatic carbocycles. The summed E-state index contributed by atoms with van der Waals surface area (Å²) >= 11 is 0. The third kappa shape index (κ3) is 5.46. The van der Waals surface area contributed by atoms with Gasteiger partial charge in [0.05, 0.1) is 17.1 Å². The van der Waals surface area contributed by atoms with Crippen LogP contribution in [0.5, 0.6) is 0 Å². The van der Waals surface area contributed by atoms with E-state index >= 15 is 0 Å². The summed E-state index contributed by atoms with van der Waals surface area (Å²) in [4.78, 5) is 2.46. The van der Waals surface area contributed by atoms with Crippen molar-refractivity contribution in [2.75, 3.05) is 4.90 Å². The molecule has 8 rings (SSSR count). The van der Waals surface area contributed by atoms with Crippen LogP contribution in [-0.2, 0) is 4.74 Å². The van der Waals surface area contributed by atoms with E-state index in [1.54, 1.807) is 0 Å². The van der Waals surface area contributed by atoms with Gasteiger partial charge in [0.1, 0.15) is 6.10 Å². The van der Waals surface area contributed by atoms with E-state index < -0.39 is 0 Å². The molecule has 48 heavy (non-hydrogen) atoms. The fourth-order valence-corrected chi connectivity index (χ4v) is 7.16. The monoisotopic (exact) mass is 619 g/mol. The molecule has 0 N–H and O–H groups in total. The molecule has 0 saturated heterocycles. The molecule has 0 fully saturated rings. The smallest absolute Gasteiger partial charge is 0.127 e. The molecular formula is C46H37NO. The molecule has 2 unspecified atom stereocenters. The Labute approximate surface area is 283 Å². The van der Waals surface area contributed by atoms with Crippen molar-refractivity contribution in [1.82, 2.24) is 0 Å². The van der Waals surface area contributed by atoms with E-state index in [9.17, 15) is 0 Å². The topological polar surface area (TPSA) is 12.5 Å². The summed E-state index contributed by atoms with van der Waals surface area (Å²) < 4.78 is 6.35. The highest BCUT2D eigenvalue weighted by atomic mass is 16.5. The van der Waals surface area contributed by atoms with E-state index in [4.69, 9.17) is 4.74 Å². The third-order valence-electron chi connectivity index (χ3n) is 9.48. The minimum Gasteiger partial charge on any atom is -0.490 e. The maximum atomic E-state index is 6.35. The molecule has 232 valence electrons. The summed E-state index contributed by atoms with van der Waals surface area (Å²) in [7, 11) is 0. The van der Waals surface area contributed by atoms with Crippen LogP contribution in [0.1, 0.15) is 13.8 Å². The number of benzene rings is 6. The predicted octanol–water partition coefficient (Wildman–Crippen LogP) is 12.3. The highest BCUT2D eigenvalue weighted by molar-refractivity contribution is 5.94. The van der Waals surface area contributed by atoms with Gasteiger partial charge in [0.2, 0.25) is 0 Å². The second kappa shape index (κ2) is 12.7. The maximum Gasteiger partial charge on any atom is 0.127 e. The molecular weight excluding hydrogens is 583 g/mol. The summed E-state index contributed by atoms with van der Waals surface area (Å²) in [5, 5.41) is 2.48. The Hall–Kier alpha value is -5.86. The first-order valence-corrected chi connectivity index (χ1v) is 16.7. The largest absolute Gasteiger partial charge is 0.490 e. The highest BCUT2D eigenvalue weighted by Gasteiger charge is 2.34. The lowest BCUT2D eigenvalue weighted by Gasteiger charge is -2.33. The summed E-state index contributed by atoms with van der Waals surface area (Å²) in [5.41, 5.74) is 11.7. The summed E-state index contributed by atoms with van der Waals surface area (Å²) in [6, 6.07) is 52.5. The quantitative estimate of drug-likeness (QED) is 0.176. The van der Waals surface area contributed by atoms with E-state index in [2.05, 4.69) is 195 Å². The van der Waals surface area contributed by atoms with Crippen LogP contribution in [0.3, 0.4) is 0 Å². The Morgan fingerprint density at radius 2 is 1.21 bits per heavy atom. The van der Waals surface area contributed by atoms with Gasteiger partial charge in [-0.1, -0.05) is 140 Å². The van der Waals surface area contributed by atoms with Gasteiger partial charge in [-0.3, -0.25) is 0 Å². The zero-order chi connectivity index (χ0) is 32.5. The maximum absolute atomic E-state index is 6.35. The number of para-hydroxylation sites is 1. The third-order valence-corrected chi connectivity index (χ3v) is 9.48. The zero-order valence-corrected chi connectivity index (χ0v) is 27.3. The van der Waals surface area contributed by atoms with Crippen molar-refractivity contribution >= 4 is 22.1 Å². The van der Waals surface area contributed by atoms with Crippen LogP contribution >= 0.6 is 0 Å². The fraction of sp³-hybridized carbons (Fsp3) is 0.0870. The standard InChI is InChI=1S/C46H37NO/c1-3-14-40-32(2)48-46-28-26-39(31-43(40)46)47(44-22-13-12-21-41(44)34-16-6-4-7-17-34)45-30-38(25-27-42(45)35-18-8-5-9-19-35)37-24-23-33-15-10-11-20-36(33)29-37/h3-31,43,46H,1-2H3/b14-3-. The van der Waals surface area contributed by atoms with Gasteiger partial charge in [0.15, 0.2) is 0 Å². The zero-order valence-electron chi connectivity index (χ0n) is 27.3. The van der Waals surface area contributed by atoms with Crippen LogP contribution < -0.4 is 4.90 Å². The molecule has 0 bridgehead atoms. The SMILES string of the molecule is C/C=C\C1=C(C)OC2C=CC(N(c3ccccc3-c3ccccc3)c3cc(-c4ccc5ccccc5c4)ccc3-c3ccccc3)=CC12. The molecule has 1 aliphatic carbocycles. The Morgan fingerprint density at radius 3 is 1.96 bits per heavy atom. The Morgan fingerprint density at radius 1 is 0.583 bits per heavy atom. The van der Waals surface area contributed by atoms with Crippen molar-refractivity contribution < 1.29 is 4.74 Å². The number of allylic oxidation sites excluding steroid dienone is 4. The summed E-state index contributed by atoms with van der Waals surface area (Å²) in [6.45, 7) is 4.15. The molecule has 2 heteroatoms. The van der Waals surface area contributed by atoms with E-state index in [1.807, 2.05) is 0 Å². The number of rotatable bonds is 7. The second-order valence-corrected chi connectivity index (χ2v) is 12.4. The Kier molecular flexibility index (Phi) is 7.84.